The highest BCUT2D eigenvalue weighted by Crippen LogP contribution is 2.28. The standard InChI is InChI=1S/C19H29FN2O/c1-8-22(7)13-21-17-9-15(3)18(10-14(17)2)23-12-16(20)11-19(4,5)6/h9-11,13H,8,12H2,1-7H3. The Hall–Kier alpha value is -1.84. The lowest BCUT2D eigenvalue weighted by Gasteiger charge is -2.14. The Morgan fingerprint density at radius 2 is 1.91 bits per heavy atom. The molecule has 0 saturated carbocycles. The molecule has 4 heteroatoms. The van der Waals surface area contributed by atoms with Gasteiger partial charge >= 0.3 is 0 Å². The normalized spacial score (nSPS) is 12.8. The number of halogens is 1. The van der Waals surface area contributed by atoms with Crippen LogP contribution in [-0.2, 0) is 0 Å². The molecule has 1 aromatic carbocycles. The second-order valence-corrected chi connectivity index (χ2v) is 6.97. The SMILES string of the molecule is CCN(C)C=Nc1cc(C)c(OCC(F)=CC(C)(C)C)cc1C. The van der Waals surface area contributed by atoms with E-state index in [1.807, 2.05) is 65.0 Å². The molecule has 0 radical (unpaired) electrons. The summed E-state index contributed by atoms with van der Waals surface area (Å²) >= 11 is 0. The minimum Gasteiger partial charge on any atom is -0.486 e. The van der Waals surface area contributed by atoms with Crippen molar-refractivity contribution in [2.75, 3.05) is 20.2 Å². The molecule has 0 aliphatic rings. The van der Waals surface area contributed by atoms with Crippen molar-refractivity contribution in [2.24, 2.45) is 10.4 Å². The lowest BCUT2D eigenvalue weighted by atomic mass is 9.96. The smallest absolute Gasteiger partial charge is 0.139 e. The van der Waals surface area contributed by atoms with E-state index in [4.69, 9.17) is 4.74 Å². The molecule has 0 aliphatic heterocycles. The van der Waals surface area contributed by atoms with Crippen molar-refractivity contribution in [1.82, 2.24) is 4.90 Å². The molecule has 1 aromatic rings. The fourth-order valence-electron chi connectivity index (χ4n) is 1.97. The van der Waals surface area contributed by atoms with Crippen LogP contribution < -0.4 is 4.74 Å². The van der Waals surface area contributed by atoms with Crippen molar-refractivity contribution in [2.45, 2.75) is 41.5 Å². The van der Waals surface area contributed by atoms with E-state index in [0.717, 1.165) is 23.4 Å². The summed E-state index contributed by atoms with van der Waals surface area (Å²) in [6.45, 7) is 12.7. The van der Waals surface area contributed by atoms with Crippen molar-refractivity contribution in [3.05, 3.63) is 35.2 Å². The van der Waals surface area contributed by atoms with E-state index in [0.29, 0.717) is 5.75 Å². The van der Waals surface area contributed by atoms with E-state index in [2.05, 4.69) is 11.9 Å². The number of rotatable bonds is 6. The van der Waals surface area contributed by atoms with E-state index in [9.17, 15) is 4.39 Å². The third kappa shape index (κ3) is 6.85. The van der Waals surface area contributed by atoms with Gasteiger partial charge in [0.15, 0.2) is 0 Å². The van der Waals surface area contributed by atoms with Crippen LogP contribution in [-0.4, -0.2) is 31.4 Å². The van der Waals surface area contributed by atoms with Crippen molar-refractivity contribution in [3.8, 4) is 5.75 Å². The topological polar surface area (TPSA) is 24.8 Å². The molecular formula is C19H29FN2O. The predicted molar refractivity (Wildman–Crippen MR) is 96.5 cm³/mol. The number of ether oxygens (including phenoxy) is 1. The van der Waals surface area contributed by atoms with E-state index >= 15 is 0 Å². The maximum atomic E-state index is 13.9. The number of nitrogens with zero attached hydrogens (tertiary/aromatic N) is 2. The molecule has 23 heavy (non-hydrogen) atoms. The zero-order chi connectivity index (χ0) is 17.6. The Labute approximate surface area is 139 Å². The van der Waals surface area contributed by atoms with Gasteiger partial charge in [0.1, 0.15) is 18.2 Å². The zero-order valence-electron chi connectivity index (χ0n) is 15.4. The van der Waals surface area contributed by atoms with Crippen LogP contribution in [0.1, 0.15) is 38.8 Å². The molecule has 0 amide bonds. The molecule has 0 fully saturated rings. The fraction of sp³-hybridized carbons (Fsp3) is 0.526. The number of aliphatic imine (C=N–C) groups is 1. The molecule has 0 N–H and O–H groups in total. The molecule has 0 spiro atoms. The molecule has 0 unspecified atom stereocenters. The van der Waals surface area contributed by atoms with Crippen LogP contribution in [0, 0.1) is 19.3 Å². The average molecular weight is 320 g/mol. The summed E-state index contributed by atoms with van der Waals surface area (Å²) < 4.78 is 19.5. The largest absolute Gasteiger partial charge is 0.486 e. The van der Waals surface area contributed by atoms with Gasteiger partial charge in [0.2, 0.25) is 0 Å². The Morgan fingerprint density at radius 1 is 1.26 bits per heavy atom. The Bertz CT molecular complexity index is 586. The lowest BCUT2D eigenvalue weighted by Crippen LogP contribution is -2.14. The third-order valence-corrected chi connectivity index (χ3v) is 3.34. The molecule has 0 bridgehead atoms. The van der Waals surface area contributed by atoms with Gasteiger partial charge in [-0.2, -0.15) is 0 Å². The van der Waals surface area contributed by atoms with Crippen LogP contribution in [0.5, 0.6) is 5.75 Å². The zero-order valence-corrected chi connectivity index (χ0v) is 15.4. The molecule has 3 nitrogen and oxygen atoms in total. The first kappa shape index (κ1) is 19.2. The van der Waals surface area contributed by atoms with Gasteiger partial charge in [0.25, 0.3) is 0 Å². The molecule has 0 heterocycles. The highest BCUT2D eigenvalue weighted by molar-refractivity contribution is 5.64. The van der Waals surface area contributed by atoms with Crippen molar-refractivity contribution >= 4 is 12.0 Å². The second kappa shape index (κ2) is 8.14. The van der Waals surface area contributed by atoms with Crippen LogP contribution in [0.25, 0.3) is 0 Å². The van der Waals surface area contributed by atoms with E-state index in [1.54, 1.807) is 6.08 Å². The highest BCUT2D eigenvalue weighted by atomic mass is 19.1. The van der Waals surface area contributed by atoms with E-state index < -0.39 is 0 Å². The maximum absolute atomic E-state index is 13.9. The summed E-state index contributed by atoms with van der Waals surface area (Å²) in [4.78, 5) is 6.49. The molecule has 0 atom stereocenters. The van der Waals surface area contributed by atoms with Gasteiger partial charge in [-0.3, -0.25) is 0 Å². The molecule has 128 valence electrons. The van der Waals surface area contributed by atoms with Gasteiger partial charge in [0, 0.05) is 13.6 Å². The van der Waals surface area contributed by atoms with Crippen molar-refractivity contribution in [3.63, 3.8) is 0 Å². The monoisotopic (exact) mass is 320 g/mol. The Morgan fingerprint density at radius 3 is 2.48 bits per heavy atom. The highest BCUT2D eigenvalue weighted by Gasteiger charge is 2.10. The van der Waals surface area contributed by atoms with Crippen molar-refractivity contribution in [1.29, 1.82) is 0 Å². The summed E-state index contributed by atoms with van der Waals surface area (Å²) in [5.41, 5.74) is 2.67. The number of hydrogen-bond acceptors (Lipinski definition) is 2. The van der Waals surface area contributed by atoms with E-state index in [1.165, 1.54) is 0 Å². The first-order chi connectivity index (χ1) is 10.6. The minimum atomic E-state index is -0.249. The molecule has 0 aliphatic carbocycles. The Balaban J connectivity index is 2.85. The van der Waals surface area contributed by atoms with Crippen LogP contribution in [0.2, 0.25) is 0 Å². The van der Waals surface area contributed by atoms with E-state index in [-0.39, 0.29) is 17.8 Å². The summed E-state index contributed by atoms with van der Waals surface area (Å²) in [6.07, 6.45) is 3.41. The first-order valence-electron chi connectivity index (χ1n) is 7.98. The van der Waals surface area contributed by atoms with Gasteiger partial charge in [-0.05, 0) is 55.5 Å². The van der Waals surface area contributed by atoms with Crippen LogP contribution in [0.3, 0.4) is 0 Å². The summed E-state index contributed by atoms with van der Waals surface area (Å²) in [6, 6.07) is 3.88. The molecule has 0 saturated heterocycles. The number of aryl methyl sites for hydroxylation is 2. The summed E-state index contributed by atoms with van der Waals surface area (Å²) in [5.74, 6) is 0.448. The Kier molecular flexibility index (Phi) is 6.79. The van der Waals surface area contributed by atoms with Gasteiger partial charge in [-0.15, -0.1) is 0 Å². The molecule has 1 rings (SSSR count). The third-order valence-electron chi connectivity index (χ3n) is 3.34. The van der Waals surface area contributed by atoms with Crippen LogP contribution in [0.15, 0.2) is 29.0 Å². The van der Waals surface area contributed by atoms with Gasteiger partial charge in [-0.1, -0.05) is 20.8 Å². The van der Waals surface area contributed by atoms with Gasteiger partial charge < -0.3 is 9.64 Å². The average Bonchev–Trinajstić information content (AvgIpc) is 2.44. The number of benzene rings is 1. The summed E-state index contributed by atoms with van der Waals surface area (Å²) in [7, 11) is 1.98. The summed E-state index contributed by atoms with van der Waals surface area (Å²) in [5, 5.41) is 0. The molecule has 0 aromatic heterocycles. The molecular weight excluding hydrogens is 291 g/mol. The van der Waals surface area contributed by atoms with Gasteiger partial charge in [0.05, 0.1) is 12.0 Å². The van der Waals surface area contributed by atoms with Crippen LogP contribution >= 0.6 is 0 Å². The van der Waals surface area contributed by atoms with Gasteiger partial charge in [-0.25, -0.2) is 9.38 Å². The van der Waals surface area contributed by atoms with Crippen LogP contribution in [0.4, 0.5) is 10.1 Å². The quantitative estimate of drug-likeness (QED) is 0.532. The second-order valence-electron chi connectivity index (χ2n) is 6.97. The lowest BCUT2D eigenvalue weighted by molar-refractivity contribution is 0.311. The first-order valence-corrected chi connectivity index (χ1v) is 7.98. The minimum absolute atomic E-state index is 0.0429. The van der Waals surface area contributed by atoms with Crippen molar-refractivity contribution < 1.29 is 9.13 Å². The number of hydrogen-bond donors (Lipinski definition) is 0. The predicted octanol–water partition coefficient (Wildman–Crippen LogP) is 5.19. The maximum Gasteiger partial charge on any atom is 0.139 e. The number of allylic oxidation sites excluding steroid dienone is 1. The fourth-order valence-corrected chi connectivity index (χ4v) is 1.97.